The van der Waals surface area contributed by atoms with Gasteiger partial charge >= 0.3 is 5.97 Å². The van der Waals surface area contributed by atoms with Gasteiger partial charge in [0, 0.05) is 19.2 Å². The molecule has 0 saturated heterocycles. The first kappa shape index (κ1) is 13.2. The van der Waals surface area contributed by atoms with Crippen LogP contribution in [-0.4, -0.2) is 25.8 Å². The number of carboxylic acid groups (broad SMARTS) is 1. The summed E-state index contributed by atoms with van der Waals surface area (Å²) in [4.78, 5) is 10.8. The second-order valence-corrected chi connectivity index (χ2v) is 4.07. The predicted molar refractivity (Wildman–Crippen MR) is 64.9 cm³/mol. The Morgan fingerprint density at radius 2 is 2.26 bits per heavy atom. The maximum absolute atomic E-state index is 13.5. The molecule has 100 valence electrons. The Labute approximate surface area is 108 Å². The topological polar surface area (TPSA) is 80.0 Å². The van der Waals surface area contributed by atoms with Gasteiger partial charge in [-0.25, -0.2) is 9.18 Å². The number of hydrogen-bond donors (Lipinski definition) is 2. The number of nitrogens with one attached hydrogen (secondary N) is 1. The second-order valence-electron chi connectivity index (χ2n) is 4.07. The number of aromatic nitrogens is 3. The smallest absolute Gasteiger partial charge is 0.335 e. The summed E-state index contributed by atoms with van der Waals surface area (Å²) in [5.41, 5.74) is 0.374. The van der Waals surface area contributed by atoms with Gasteiger partial charge < -0.3 is 15.0 Å². The Morgan fingerprint density at radius 1 is 1.47 bits per heavy atom. The molecule has 0 amide bonds. The van der Waals surface area contributed by atoms with Crippen molar-refractivity contribution >= 4 is 5.97 Å². The van der Waals surface area contributed by atoms with Gasteiger partial charge in [-0.3, -0.25) is 0 Å². The van der Waals surface area contributed by atoms with Gasteiger partial charge in [-0.2, -0.15) is 0 Å². The largest absolute Gasteiger partial charge is 0.478 e. The number of carbonyl (C=O) groups is 1. The number of halogens is 1. The molecule has 7 heteroatoms. The minimum atomic E-state index is -1.07. The fourth-order valence-electron chi connectivity index (χ4n) is 1.62. The highest BCUT2D eigenvalue weighted by Gasteiger charge is 2.08. The van der Waals surface area contributed by atoms with E-state index < -0.39 is 11.8 Å². The van der Waals surface area contributed by atoms with E-state index in [9.17, 15) is 9.18 Å². The van der Waals surface area contributed by atoms with Gasteiger partial charge in [0.2, 0.25) is 0 Å². The summed E-state index contributed by atoms with van der Waals surface area (Å²) < 4.78 is 15.3. The maximum atomic E-state index is 13.5. The number of aromatic carboxylic acids is 1. The van der Waals surface area contributed by atoms with Crippen LogP contribution in [0.15, 0.2) is 24.5 Å². The van der Waals surface area contributed by atoms with Crippen LogP contribution < -0.4 is 5.32 Å². The first-order chi connectivity index (χ1) is 9.08. The van der Waals surface area contributed by atoms with Gasteiger partial charge in [-0.1, -0.05) is 0 Å². The van der Waals surface area contributed by atoms with E-state index in [1.807, 2.05) is 7.05 Å². The Morgan fingerprint density at radius 3 is 2.89 bits per heavy atom. The van der Waals surface area contributed by atoms with Crippen molar-refractivity contribution in [2.75, 3.05) is 0 Å². The summed E-state index contributed by atoms with van der Waals surface area (Å²) in [7, 11) is 1.81. The molecule has 0 fully saturated rings. The lowest BCUT2D eigenvalue weighted by Crippen LogP contribution is -2.17. The summed E-state index contributed by atoms with van der Waals surface area (Å²) in [5, 5.41) is 19.4. The van der Waals surface area contributed by atoms with Gasteiger partial charge in [0.05, 0.1) is 12.1 Å². The van der Waals surface area contributed by atoms with Crippen molar-refractivity contribution in [1.82, 2.24) is 20.1 Å². The number of benzene rings is 1. The maximum Gasteiger partial charge on any atom is 0.335 e. The van der Waals surface area contributed by atoms with E-state index in [1.165, 1.54) is 12.1 Å². The zero-order valence-electron chi connectivity index (χ0n) is 10.3. The first-order valence-corrected chi connectivity index (χ1v) is 5.63. The molecule has 1 aromatic carbocycles. The molecule has 0 aliphatic rings. The van der Waals surface area contributed by atoms with E-state index in [1.54, 1.807) is 10.9 Å². The Hall–Kier alpha value is -2.28. The summed E-state index contributed by atoms with van der Waals surface area (Å²) in [5.74, 6) is -0.792. The van der Waals surface area contributed by atoms with Gasteiger partial charge in [0.1, 0.15) is 18.0 Å². The predicted octanol–water partition coefficient (Wildman–Crippen LogP) is 0.942. The highest BCUT2D eigenvalue weighted by molar-refractivity contribution is 5.87. The van der Waals surface area contributed by atoms with E-state index in [0.717, 1.165) is 11.9 Å². The Balaban J connectivity index is 2.01. The zero-order valence-corrected chi connectivity index (χ0v) is 10.3. The highest BCUT2D eigenvalue weighted by atomic mass is 19.1. The van der Waals surface area contributed by atoms with Crippen molar-refractivity contribution in [2.45, 2.75) is 13.1 Å². The van der Waals surface area contributed by atoms with Crippen molar-refractivity contribution in [3.63, 3.8) is 0 Å². The molecule has 1 heterocycles. The molecule has 1 aromatic heterocycles. The summed E-state index contributed by atoms with van der Waals surface area (Å²) in [6, 6.07) is 3.72. The van der Waals surface area contributed by atoms with Crippen LogP contribution in [-0.2, 0) is 20.1 Å². The second kappa shape index (κ2) is 5.57. The van der Waals surface area contributed by atoms with Gasteiger partial charge in [0.25, 0.3) is 0 Å². The third-order valence-electron chi connectivity index (χ3n) is 2.70. The molecule has 0 spiro atoms. The highest BCUT2D eigenvalue weighted by Crippen LogP contribution is 2.10. The molecule has 0 unspecified atom stereocenters. The molecule has 0 aliphatic carbocycles. The lowest BCUT2D eigenvalue weighted by Gasteiger charge is -2.06. The zero-order chi connectivity index (χ0) is 13.8. The van der Waals surface area contributed by atoms with E-state index in [4.69, 9.17) is 5.11 Å². The average Bonchev–Trinajstić information content (AvgIpc) is 2.77. The normalized spacial score (nSPS) is 10.6. The van der Waals surface area contributed by atoms with E-state index in [0.29, 0.717) is 12.1 Å². The van der Waals surface area contributed by atoms with E-state index in [-0.39, 0.29) is 12.1 Å². The lowest BCUT2D eigenvalue weighted by atomic mass is 10.1. The average molecular weight is 264 g/mol. The molecule has 2 N–H and O–H groups in total. The molecule has 0 atom stereocenters. The minimum Gasteiger partial charge on any atom is -0.478 e. The molecule has 6 nitrogen and oxygen atoms in total. The minimum absolute atomic E-state index is 0.0665. The molecule has 0 saturated carbocycles. The van der Waals surface area contributed by atoms with Crippen LogP contribution in [0.2, 0.25) is 0 Å². The molecule has 0 radical (unpaired) electrons. The molecule has 0 bridgehead atoms. The van der Waals surface area contributed by atoms with Crippen LogP contribution in [0.3, 0.4) is 0 Å². The van der Waals surface area contributed by atoms with Crippen molar-refractivity contribution in [1.29, 1.82) is 0 Å². The van der Waals surface area contributed by atoms with Crippen molar-refractivity contribution in [3.05, 3.63) is 47.3 Å². The molecular weight excluding hydrogens is 251 g/mol. The molecule has 19 heavy (non-hydrogen) atoms. The molecule has 0 aliphatic heterocycles. The van der Waals surface area contributed by atoms with E-state index >= 15 is 0 Å². The van der Waals surface area contributed by atoms with Crippen LogP contribution in [0, 0.1) is 5.82 Å². The van der Waals surface area contributed by atoms with Crippen molar-refractivity contribution in [3.8, 4) is 0 Å². The Bertz CT molecular complexity index is 597. The van der Waals surface area contributed by atoms with E-state index in [2.05, 4.69) is 15.5 Å². The Kier molecular flexibility index (Phi) is 3.86. The molecule has 2 rings (SSSR count). The number of aryl methyl sites for hydroxylation is 1. The number of hydrogen-bond acceptors (Lipinski definition) is 4. The summed E-state index contributed by atoms with van der Waals surface area (Å²) >= 11 is 0. The van der Waals surface area contributed by atoms with Crippen LogP contribution in [0.5, 0.6) is 0 Å². The van der Waals surface area contributed by atoms with Crippen LogP contribution in [0.4, 0.5) is 4.39 Å². The molecular formula is C12H13FN4O2. The number of carboxylic acids is 1. The van der Waals surface area contributed by atoms with Gasteiger partial charge in [-0.15, -0.1) is 10.2 Å². The molecule has 2 aromatic rings. The quantitative estimate of drug-likeness (QED) is 0.840. The third-order valence-corrected chi connectivity index (χ3v) is 2.70. The number of rotatable bonds is 5. The van der Waals surface area contributed by atoms with Crippen molar-refractivity contribution in [2.24, 2.45) is 7.05 Å². The third kappa shape index (κ3) is 3.14. The SMILES string of the molecule is Cn1cnnc1CNCc1cc(C(=O)O)ccc1F. The summed E-state index contributed by atoms with van der Waals surface area (Å²) in [6.07, 6.45) is 1.57. The lowest BCUT2D eigenvalue weighted by molar-refractivity contribution is 0.0696. The van der Waals surface area contributed by atoms with Gasteiger partial charge in [-0.05, 0) is 18.2 Å². The fourth-order valence-corrected chi connectivity index (χ4v) is 1.62. The van der Waals surface area contributed by atoms with Gasteiger partial charge in [0.15, 0.2) is 0 Å². The van der Waals surface area contributed by atoms with Crippen molar-refractivity contribution < 1.29 is 14.3 Å². The fraction of sp³-hybridized carbons (Fsp3) is 0.250. The monoisotopic (exact) mass is 264 g/mol. The summed E-state index contributed by atoms with van der Waals surface area (Å²) in [6.45, 7) is 0.646. The number of nitrogens with zero attached hydrogens (tertiary/aromatic N) is 3. The van der Waals surface area contributed by atoms with Crippen LogP contribution >= 0.6 is 0 Å². The van der Waals surface area contributed by atoms with Crippen LogP contribution in [0.1, 0.15) is 21.7 Å². The standard InChI is InChI=1S/C12H13FN4O2/c1-17-7-15-16-11(17)6-14-5-9-4-8(12(18)19)2-3-10(9)13/h2-4,7,14H,5-6H2,1H3,(H,18,19). The van der Waals surface area contributed by atoms with Crippen LogP contribution in [0.25, 0.3) is 0 Å². The first-order valence-electron chi connectivity index (χ1n) is 5.63.